The van der Waals surface area contributed by atoms with E-state index in [2.05, 4.69) is 5.32 Å². The molecule has 0 aliphatic carbocycles. The van der Waals surface area contributed by atoms with Crippen molar-refractivity contribution in [3.05, 3.63) is 60.4 Å². The van der Waals surface area contributed by atoms with Crippen LogP contribution in [0.25, 0.3) is 16.6 Å². The Hall–Kier alpha value is -3.08. The van der Waals surface area contributed by atoms with Gasteiger partial charge in [-0.25, -0.2) is 0 Å². The third kappa shape index (κ3) is 4.03. The number of amides is 1. The molecule has 3 rings (SSSR count). The number of nitrogens with one attached hydrogen (secondary N) is 1. The van der Waals surface area contributed by atoms with Crippen LogP contribution < -0.4 is 10.1 Å². The lowest BCUT2D eigenvalue weighted by molar-refractivity contribution is -0.118. The van der Waals surface area contributed by atoms with Gasteiger partial charge in [0.1, 0.15) is 11.4 Å². The van der Waals surface area contributed by atoms with E-state index >= 15 is 0 Å². The first-order valence-corrected chi connectivity index (χ1v) is 9.00. The molecule has 0 unspecified atom stereocenters. The van der Waals surface area contributed by atoms with Crippen LogP contribution >= 0.6 is 0 Å². The van der Waals surface area contributed by atoms with E-state index in [1.807, 2.05) is 76.2 Å². The van der Waals surface area contributed by atoms with Crippen LogP contribution in [0.5, 0.6) is 5.75 Å². The van der Waals surface area contributed by atoms with Gasteiger partial charge in [-0.1, -0.05) is 18.2 Å². The first-order valence-electron chi connectivity index (χ1n) is 9.00. The van der Waals surface area contributed by atoms with Crippen molar-refractivity contribution >= 4 is 17.2 Å². The summed E-state index contributed by atoms with van der Waals surface area (Å²) in [5.41, 5.74) is 2.30. The van der Waals surface area contributed by atoms with Gasteiger partial charge in [0.15, 0.2) is 0 Å². The van der Waals surface area contributed by atoms with Crippen molar-refractivity contribution in [3.8, 4) is 16.9 Å². The van der Waals surface area contributed by atoms with E-state index in [-0.39, 0.29) is 0 Å². The van der Waals surface area contributed by atoms with Gasteiger partial charge in [-0.2, -0.15) is 0 Å². The molecule has 5 nitrogen and oxygen atoms in total. The van der Waals surface area contributed by atoms with Gasteiger partial charge in [0.05, 0.1) is 6.61 Å². The Bertz CT molecular complexity index is 979. The molecule has 0 radical (unpaired) electrons. The second-order valence-corrected chi connectivity index (χ2v) is 7.39. The fourth-order valence-corrected chi connectivity index (χ4v) is 2.98. The lowest BCUT2D eigenvalue weighted by atomic mass is 10.0. The number of nitrogens with zero attached hydrogens (tertiary/aromatic N) is 1. The molecular formula is C22H24N2O3. The first-order chi connectivity index (χ1) is 12.8. The molecule has 3 aromatic rings. The quantitative estimate of drug-likeness (QED) is 0.548. The minimum absolute atomic E-state index is 0.358. The number of carbonyl (C=O) groups is 2. The molecule has 140 valence electrons. The summed E-state index contributed by atoms with van der Waals surface area (Å²) in [6.45, 7) is 8.07. The zero-order valence-electron chi connectivity index (χ0n) is 16.1. The molecule has 1 amide bonds. The summed E-state index contributed by atoms with van der Waals surface area (Å²) in [7, 11) is 0. The summed E-state index contributed by atoms with van der Waals surface area (Å²) in [5.74, 6) is -0.401. The summed E-state index contributed by atoms with van der Waals surface area (Å²) in [5, 5.41) is 2.75. The largest absolute Gasteiger partial charge is 0.494 e. The second kappa shape index (κ2) is 7.27. The molecule has 0 atom stereocenters. The highest BCUT2D eigenvalue weighted by Gasteiger charge is 2.27. The molecule has 0 fully saturated rings. The maximum Gasteiger partial charge on any atom is 0.294 e. The van der Waals surface area contributed by atoms with Crippen LogP contribution in [0.2, 0.25) is 0 Å². The van der Waals surface area contributed by atoms with Crippen LogP contribution in [0.4, 0.5) is 0 Å². The average molecular weight is 364 g/mol. The normalized spacial score (nSPS) is 11.4. The number of fused-ring (bicyclic) bond motifs is 1. The molecule has 1 N–H and O–H groups in total. The van der Waals surface area contributed by atoms with Crippen LogP contribution in [-0.2, 0) is 4.79 Å². The standard InChI is InChI=1S/C22H24N2O3/c1-5-27-17-11-9-15(10-12-17)18-14-16-8-6-7-13-24(16)19(18)20(25)21(26)23-22(2,3)4/h6-14H,5H2,1-4H3,(H,23,26). The zero-order chi connectivity index (χ0) is 19.6. The lowest BCUT2D eigenvalue weighted by Gasteiger charge is -2.20. The van der Waals surface area contributed by atoms with Gasteiger partial charge in [0, 0.05) is 22.8 Å². The number of Topliss-reactive ketones (excluding diaryl/α,β-unsaturated/α-hetero) is 1. The van der Waals surface area contributed by atoms with Crippen molar-refractivity contribution < 1.29 is 14.3 Å². The molecular weight excluding hydrogens is 340 g/mol. The number of hydrogen-bond donors (Lipinski definition) is 1. The monoisotopic (exact) mass is 364 g/mol. The van der Waals surface area contributed by atoms with Gasteiger partial charge >= 0.3 is 0 Å². The van der Waals surface area contributed by atoms with Crippen molar-refractivity contribution in [1.29, 1.82) is 0 Å². The molecule has 0 saturated carbocycles. The molecule has 0 aliphatic heterocycles. The summed E-state index contributed by atoms with van der Waals surface area (Å²) >= 11 is 0. The summed E-state index contributed by atoms with van der Waals surface area (Å²) < 4.78 is 7.25. The Kier molecular flexibility index (Phi) is 5.04. The van der Waals surface area contributed by atoms with Crippen molar-refractivity contribution in [2.75, 3.05) is 6.61 Å². The van der Waals surface area contributed by atoms with Crippen LogP contribution in [0.15, 0.2) is 54.7 Å². The zero-order valence-corrected chi connectivity index (χ0v) is 16.1. The van der Waals surface area contributed by atoms with E-state index in [9.17, 15) is 9.59 Å². The Morgan fingerprint density at radius 1 is 1.07 bits per heavy atom. The molecule has 0 aliphatic rings. The number of pyridine rings is 1. The van der Waals surface area contributed by atoms with E-state index in [0.29, 0.717) is 12.3 Å². The van der Waals surface area contributed by atoms with E-state index in [1.165, 1.54) is 0 Å². The number of aromatic nitrogens is 1. The summed E-state index contributed by atoms with van der Waals surface area (Å²) in [4.78, 5) is 25.5. The van der Waals surface area contributed by atoms with Gasteiger partial charge < -0.3 is 14.5 Å². The summed E-state index contributed by atoms with van der Waals surface area (Å²) in [6, 6.07) is 15.1. The second-order valence-electron chi connectivity index (χ2n) is 7.39. The van der Waals surface area contributed by atoms with E-state index in [1.54, 1.807) is 10.6 Å². The van der Waals surface area contributed by atoms with E-state index in [4.69, 9.17) is 4.74 Å². The molecule has 0 saturated heterocycles. The Labute approximate surface area is 159 Å². The van der Waals surface area contributed by atoms with Gasteiger partial charge in [0.2, 0.25) is 0 Å². The fraction of sp³-hybridized carbons (Fsp3) is 0.273. The van der Waals surface area contributed by atoms with Gasteiger partial charge in [-0.3, -0.25) is 9.59 Å². The average Bonchev–Trinajstić information content (AvgIpc) is 3.00. The Morgan fingerprint density at radius 3 is 2.41 bits per heavy atom. The summed E-state index contributed by atoms with van der Waals surface area (Å²) in [6.07, 6.45) is 1.80. The Balaban J connectivity index is 2.09. The van der Waals surface area contributed by atoms with Crippen molar-refractivity contribution in [2.24, 2.45) is 0 Å². The van der Waals surface area contributed by atoms with Crippen LogP contribution in [0, 0.1) is 0 Å². The first kappa shape index (κ1) is 18.7. The highest BCUT2D eigenvalue weighted by atomic mass is 16.5. The maximum atomic E-state index is 13.0. The smallest absolute Gasteiger partial charge is 0.294 e. The number of hydrogen-bond acceptors (Lipinski definition) is 3. The van der Waals surface area contributed by atoms with Gasteiger partial charge in [-0.05, 0) is 63.6 Å². The molecule has 27 heavy (non-hydrogen) atoms. The van der Waals surface area contributed by atoms with Crippen molar-refractivity contribution in [2.45, 2.75) is 33.2 Å². The van der Waals surface area contributed by atoms with Crippen LogP contribution in [0.1, 0.15) is 38.2 Å². The highest BCUT2D eigenvalue weighted by Crippen LogP contribution is 2.30. The van der Waals surface area contributed by atoms with Crippen LogP contribution in [-0.4, -0.2) is 28.2 Å². The third-order valence-electron chi connectivity index (χ3n) is 4.07. The van der Waals surface area contributed by atoms with Crippen LogP contribution in [0.3, 0.4) is 0 Å². The predicted octanol–water partition coefficient (Wildman–Crippen LogP) is 4.10. The third-order valence-corrected chi connectivity index (χ3v) is 4.07. The molecule has 0 bridgehead atoms. The maximum absolute atomic E-state index is 13.0. The number of rotatable bonds is 5. The molecule has 5 heteroatoms. The molecule has 2 aromatic heterocycles. The van der Waals surface area contributed by atoms with E-state index < -0.39 is 17.2 Å². The van der Waals surface area contributed by atoms with Crippen molar-refractivity contribution in [3.63, 3.8) is 0 Å². The molecule has 1 aromatic carbocycles. The van der Waals surface area contributed by atoms with E-state index in [0.717, 1.165) is 22.4 Å². The van der Waals surface area contributed by atoms with Gasteiger partial charge in [-0.15, -0.1) is 0 Å². The lowest BCUT2D eigenvalue weighted by Crippen LogP contribution is -2.44. The fourth-order valence-electron chi connectivity index (χ4n) is 2.98. The number of benzene rings is 1. The number of ether oxygens (including phenoxy) is 1. The number of ketones is 1. The minimum Gasteiger partial charge on any atom is -0.494 e. The highest BCUT2D eigenvalue weighted by molar-refractivity contribution is 6.43. The van der Waals surface area contributed by atoms with Gasteiger partial charge in [0.25, 0.3) is 11.7 Å². The molecule has 0 spiro atoms. The predicted molar refractivity (Wildman–Crippen MR) is 106 cm³/mol. The minimum atomic E-state index is -0.612. The number of carbonyl (C=O) groups excluding carboxylic acids is 2. The SMILES string of the molecule is CCOc1ccc(-c2cc3ccccn3c2C(=O)C(=O)NC(C)(C)C)cc1. The molecule has 2 heterocycles. The van der Waals surface area contributed by atoms with Crippen molar-refractivity contribution in [1.82, 2.24) is 9.72 Å². The Morgan fingerprint density at radius 2 is 1.78 bits per heavy atom. The topological polar surface area (TPSA) is 59.8 Å².